The number of esters is 1. The second-order valence-corrected chi connectivity index (χ2v) is 5.56. The highest BCUT2D eigenvalue weighted by Crippen LogP contribution is 2.34. The van der Waals surface area contributed by atoms with Crippen LogP contribution in [0.25, 0.3) is 0 Å². The Morgan fingerprint density at radius 1 is 1.00 bits per heavy atom. The van der Waals surface area contributed by atoms with E-state index >= 15 is 0 Å². The maximum absolute atomic E-state index is 12.0. The molecule has 2 aromatic carbocycles. The number of ether oxygens (including phenoxy) is 4. The lowest BCUT2D eigenvalue weighted by atomic mass is 10.1. The molecule has 0 aliphatic heterocycles. The Balaban J connectivity index is 1.95. The van der Waals surface area contributed by atoms with Gasteiger partial charge in [0.15, 0.2) is 18.1 Å². The Bertz CT molecular complexity index is 904. The van der Waals surface area contributed by atoms with Crippen LogP contribution in [-0.4, -0.2) is 39.8 Å². The Labute approximate surface area is 162 Å². The Kier molecular flexibility index (Phi) is 7.22. The molecule has 0 saturated carbocycles. The molecule has 0 unspecified atom stereocenters. The number of hydrogen-bond acceptors (Lipinski definition) is 7. The average molecular weight is 384 g/mol. The van der Waals surface area contributed by atoms with Crippen LogP contribution < -0.4 is 19.5 Å². The van der Waals surface area contributed by atoms with Crippen molar-refractivity contribution >= 4 is 11.9 Å². The first-order chi connectivity index (χ1) is 13.5. The van der Waals surface area contributed by atoms with Gasteiger partial charge in [0.25, 0.3) is 5.91 Å². The van der Waals surface area contributed by atoms with E-state index in [0.29, 0.717) is 28.4 Å². The summed E-state index contributed by atoms with van der Waals surface area (Å²) in [6.45, 7) is -0.310. The van der Waals surface area contributed by atoms with Gasteiger partial charge in [0.2, 0.25) is 0 Å². The van der Waals surface area contributed by atoms with Crippen molar-refractivity contribution in [3.63, 3.8) is 0 Å². The minimum absolute atomic E-state index is 0.143. The Morgan fingerprint density at radius 2 is 1.68 bits per heavy atom. The number of hydrogen-bond donors (Lipinski definition) is 1. The van der Waals surface area contributed by atoms with E-state index in [1.54, 1.807) is 24.3 Å². The zero-order chi connectivity index (χ0) is 20.5. The summed E-state index contributed by atoms with van der Waals surface area (Å²) in [5, 5.41) is 11.5. The molecule has 0 saturated heterocycles. The van der Waals surface area contributed by atoms with E-state index in [0.717, 1.165) is 0 Å². The van der Waals surface area contributed by atoms with E-state index in [2.05, 4.69) is 5.32 Å². The van der Waals surface area contributed by atoms with Crippen molar-refractivity contribution in [2.75, 3.05) is 27.9 Å². The van der Waals surface area contributed by atoms with E-state index in [9.17, 15) is 9.59 Å². The fourth-order valence-corrected chi connectivity index (χ4v) is 2.41. The molecule has 1 amide bonds. The molecule has 8 nitrogen and oxygen atoms in total. The summed E-state index contributed by atoms with van der Waals surface area (Å²) in [5.74, 6) is 0.347. The predicted molar refractivity (Wildman–Crippen MR) is 99.4 cm³/mol. The molecule has 0 aliphatic carbocycles. The van der Waals surface area contributed by atoms with Crippen LogP contribution in [0.3, 0.4) is 0 Å². The van der Waals surface area contributed by atoms with Crippen LogP contribution in [0.4, 0.5) is 0 Å². The lowest BCUT2D eigenvalue weighted by Gasteiger charge is -2.14. The second-order valence-electron chi connectivity index (χ2n) is 5.56. The van der Waals surface area contributed by atoms with Gasteiger partial charge in [0, 0.05) is 18.2 Å². The molecule has 2 aromatic rings. The molecule has 0 fully saturated rings. The Morgan fingerprint density at radius 3 is 2.32 bits per heavy atom. The van der Waals surface area contributed by atoms with Gasteiger partial charge in [-0.2, -0.15) is 5.26 Å². The first-order valence-electron chi connectivity index (χ1n) is 8.25. The van der Waals surface area contributed by atoms with Gasteiger partial charge >= 0.3 is 5.97 Å². The van der Waals surface area contributed by atoms with Gasteiger partial charge in [0.05, 0.1) is 38.5 Å². The highest BCUT2D eigenvalue weighted by atomic mass is 16.5. The summed E-state index contributed by atoms with van der Waals surface area (Å²) >= 11 is 0. The van der Waals surface area contributed by atoms with E-state index in [1.165, 1.54) is 33.5 Å². The molecule has 0 heterocycles. The maximum Gasteiger partial charge on any atom is 0.338 e. The van der Waals surface area contributed by atoms with Crippen LogP contribution in [0.1, 0.15) is 21.5 Å². The number of nitrogens with one attached hydrogen (secondary N) is 1. The molecule has 28 heavy (non-hydrogen) atoms. The van der Waals surface area contributed by atoms with E-state index in [1.807, 2.05) is 6.07 Å². The number of carbonyl (C=O) groups excluding carboxylic acids is 2. The van der Waals surface area contributed by atoms with Crippen LogP contribution in [0.2, 0.25) is 0 Å². The number of methoxy groups -OCH3 is 3. The smallest absolute Gasteiger partial charge is 0.338 e. The summed E-state index contributed by atoms with van der Waals surface area (Å²) in [4.78, 5) is 24.0. The maximum atomic E-state index is 12.0. The minimum Gasteiger partial charge on any atom is -0.496 e. The van der Waals surface area contributed by atoms with E-state index in [-0.39, 0.29) is 12.1 Å². The predicted octanol–water partition coefficient (Wildman–Crippen LogP) is 2.06. The molecule has 8 heteroatoms. The third kappa shape index (κ3) is 5.14. The fraction of sp³-hybridized carbons (Fsp3) is 0.250. The SMILES string of the molecule is COc1cc(OC)c(OC)cc1CNC(=O)COC(=O)c1cccc(C#N)c1. The van der Waals surface area contributed by atoms with Crippen molar-refractivity contribution in [3.8, 4) is 23.3 Å². The number of carbonyl (C=O) groups is 2. The largest absolute Gasteiger partial charge is 0.496 e. The van der Waals surface area contributed by atoms with Crippen molar-refractivity contribution in [1.82, 2.24) is 5.32 Å². The molecule has 0 bridgehead atoms. The zero-order valence-electron chi connectivity index (χ0n) is 15.8. The average Bonchev–Trinajstić information content (AvgIpc) is 2.75. The van der Waals surface area contributed by atoms with Crippen molar-refractivity contribution in [1.29, 1.82) is 5.26 Å². The summed E-state index contributed by atoms with van der Waals surface area (Å²) in [6.07, 6.45) is 0. The van der Waals surface area contributed by atoms with Crippen molar-refractivity contribution < 1.29 is 28.5 Å². The van der Waals surface area contributed by atoms with E-state index < -0.39 is 18.5 Å². The minimum atomic E-state index is -0.684. The summed E-state index contributed by atoms with van der Waals surface area (Å²) in [6, 6.07) is 11.3. The number of nitriles is 1. The lowest BCUT2D eigenvalue weighted by molar-refractivity contribution is -0.124. The molecule has 0 spiro atoms. The molecule has 0 atom stereocenters. The van der Waals surface area contributed by atoms with Crippen LogP contribution in [0, 0.1) is 11.3 Å². The van der Waals surface area contributed by atoms with Crippen LogP contribution in [-0.2, 0) is 16.1 Å². The zero-order valence-corrected chi connectivity index (χ0v) is 15.8. The summed E-state index contributed by atoms with van der Waals surface area (Å²) in [5.41, 5.74) is 1.20. The molecule has 146 valence electrons. The molecule has 0 aromatic heterocycles. The third-order valence-electron chi connectivity index (χ3n) is 3.82. The molecule has 0 radical (unpaired) electrons. The highest BCUT2D eigenvalue weighted by molar-refractivity contribution is 5.91. The third-order valence-corrected chi connectivity index (χ3v) is 3.82. The number of nitrogens with zero attached hydrogens (tertiary/aromatic N) is 1. The van der Waals surface area contributed by atoms with Crippen molar-refractivity contribution in [2.45, 2.75) is 6.54 Å². The quantitative estimate of drug-likeness (QED) is 0.694. The van der Waals surface area contributed by atoms with Gasteiger partial charge in [-0.25, -0.2) is 4.79 Å². The van der Waals surface area contributed by atoms with Crippen molar-refractivity contribution in [2.24, 2.45) is 0 Å². The Hall–Kier alpha value is -3.73. The van der Waals surface area contributed by atoms with Gasteiger partial charge < -0.3 is 24.3 Å². The van der Waals surface area contributed by atoms with Gasteiger partial charge in [-0.05, 0) is 24.3 Å². The second kappa shape index (κ2) is 9.83. The van der Waals surface area contributed by atoms with Crippen LogP contribution >= 0.6 is 0 Å². The monoisotopic (exact) mass is 384 g/mol. The number of benzene rings is 2. The normalized spacial score (nSPS) is 9.79. The number of amides is 1. The van der Waals surface area contributed by atoms with Crippen molar-refractivity contribution in [3.05, 3.63) is 53.1 Å². The van der Waals surface area contributed by atoms with Gasteiger partial charge in [-0.1, -0.05) is 6.07 Å². The molecule has 1 N–H and O–H groups in total. The molecule has 0 aliphatic rings. The lowest BCUT2D eigenvalue weighted by Crippen LogP contribution is -2.28. The summed E-state index contributed by atoms with van der Waals surface area (Å²) in [7, 11) is 4.52. The molecule has 2 rings (SSSR count). The number of rotatable bonds is 8. The molecular weight excluding hydrogens is 364 g/mol. The van der Waals surface area contributed by atoms with Gasteiger partial charge in [-0.3, -0.25) is 4.79 Å². The van der Waals surface area contributed by atoms with Crippen LogP contribution in [0.5, 0.6) is 17.2 Å². The standard InChI is InChI=1S/C20H20N2O6/c1-25-16-9-18(27-3)17(26-2)8-15(16)11-22-19(23)12-28-20(24)14-6-4-5-13(7-14)10-21/h4-9H,11-12H2,1-3H3,(H,22,23). The molecular formula is C20H20N2O6. The van der Waals surface area contributed by atoms with Crippen LogP contribution in [0.15, 0.2) is 36.4 Å². The van der Waals surface area contributed by atoms with E-state index in [4.69, 9.17) is 24.2 Å². The topological polar surface area (TPSA) is 107 Å². The summed E-state index contributed by atoms with van der Waals surface area (Å²) < 4.78 is 20.7. The first kappa shape index (κ1) is 20.6. The van der Waals surface area contributed by atoms with Gasteiger partial charge in [0.1, 0.15) is 5.75 Å². The first-order valence-corrected chi connectivity index (χ1v) is 8.25. The highest BCUT2D eigenvalue weighted by Gasteiger charge is 2.14. The van der Waals surface area contributed by atoms with Gasteiger partial charge in [-0.15, -0.1) is 0 Å². The fourth-order valence-electron chi connectivity index (χ4n) is 2.41.